The molecule has 1 heterocycles. The third-order valence-electron chi connectivity index (χ3n) is 6.54. The van der Waals surface area contributed by atoms with Crippen LogP contribution >= 0.6 is 0 Å². The number of nitrogens with one attached hydrogen (secondary N) is 1. The van der Waals surface area contributed by atoms with Gasteiger partial charge in [0.2, 0.25) is 5.91 Å². The fourth-order valence-corrected chi connectivity index (χ4v) is 4.87. The van der Waals surface area contributed by atoms with E-state index in [4.69, 9.17) is 0 Å². The first kappa shape index (κ1) is 21.1. The molecule has 2 fully saturated rings. The molecule has 1 amide bonds. The highest BCUT2D eigenvalue weighted by Gasteiger charge is 2.45. The van der Waals surface area contributed by atoms with E-state index >= 15 is 0 Å². The lowest BCUT2D eigenvalue weighted by atomic mass is 9.74. The molecule has 1 aromatic carbocycles. The molecule has 1 aliphatic heterocycles. The predicted octanol–water partition coefficient (Wildman–Crippen LogP) is 3.46. The molecule has 28 heavy (non-hydrogen) atoms. The molecule has 1 aliphatic carbocycles. The van der Waals surface area contributed by atoms with Crippen LogP contribution in [-0.2, 0) is 10.3 Å². The van der Waals surface area contributed by atoms with Gasteiger partial charge in [-0.2, -0.15) is 0 Å². The van der Waals surface area contributed by atoms with Gasteiger partial charge in [0.1, 0.15) is 5.75 Å². The van der Waals surface area contributed by atoms with Crippen LogP contribution in [-0.4, -0.2) is 45.8 Å². The summed E-state index contributed by atoms with van der Waals surface area (Å²) in [5.74, 6) is 0.283. The Morgan fingerprint density at radius 1 is 1.21 bits per heavy atom. The fourth-order valence-electron chi connectivity index (χ4n) is 4.87. The summed E-state index contributed by atoms with van der Waals surface area (Å²) in [5.41, 5.74) is 0.864. The quantitative estimate of drug-likeness (QED) is 0.722. The Morgan fingerprint density at radius 3 is 2.39 bits per heavy atom. The highest BCUT2D eigenvalue weighted by atomic mass is 16.3. The number of aromatic hydroxyl groups is 1. The highest BCUT2D eigenvalue weighted by Crippen LogP contribution is 2.40. The molecule has 2 aliphatic rings. The molecule has 3 rings (SSSR count). The molecule has 3 N–H and O–H groups in total. The Hall–Kier alpha value is -1.59. The van der Waals surface area contributed by atoms with Crippen molar-refractivity contribution >= 4 is 5.91 Å². The van der Waals surface area contributed by atoms with E-state index in [2.05, 4.69) is 17.1 Å². The third-order valence-corrected chi connectivity index (χ3v) is 6.54. The molecule has 0 aromatic heterocycles. The Bertz CT molecular complexity index is 705. The van der Waals surface area contributed by atoms with Crippen molar-refractivity contribution in [2.75, 3.05) is 13.1 Å². The number of phenols is 1. The van der Waals surface area contributed by atoms with Crippen LogP contribution in [0.25, 0.3) is 0 Å². The number of benzene rings is 1. The van der Waals surface area contributed by atoms with E-state index in [1.165, 1.54) is 0 Å². The van der Waals surface area contributed by atoms with E-state index in [9.17, 15) is 15.0 Å². The van der Waals surface area contributed by atoms with Crippen molar-refractivity contribution in [3.8, 4) is 5.75 Å². The number of aliphatic hydroxyl groups is 1. The zero-order valence-corrected chi connectivity index (χ0v) is 18.0. The summed E-state index contributed by atoms with van der Waals surface area (Å²) >= 11 is 0. The summed E-state index contributed by atoms with van der Waals surface area (Å²) in [6.45, 7) is 11.9. The summed E-state index contributed by atoms with van der Waals surface area (Å²) in [4.78, 5) is 15.2. The standard InChI is InChI=1S/C23H36N2O3/c1-16-10-17(12-19(26)11-16)21(2,3)24-20(27)13-22(4)14-25(15-22)18-6-8-23(5,28)9-7-18/h10-12,18,26,28H,6-9,13-15H2,1-5H3,(H,24,27). The van der Waals surface area contributed by atoms with Crippen molar-refractivity contribution in [3.05, 3.63) is 29.3 Å². The van der Waals surface area contributed by atoms with Crippen LogP contribution in [0.1, 0.15) is 70.9 Å². The maximum absolute atomic E-state index is 12.8. The monoisotopic (exact) mass is 388 g/mol. The van der Waals surface area contributed by atoms with Crippen LogP contribution in [0.3, 0.4) is 0 Å². The number of rotatable bonds is 5. The van der Waals surface area contributed by atoms with E-state index in [1.807, 2.05) is 33.8 Å². The number of hydrogen-bond donors (Lipinski definition) is 3. The zero-order chi connectivity index (χ0) is 20.7. The predicted molar refractivity (Wildman–Crippen MR) is 111 cm³/mol. The van der Waals surface area contributed by atoms with Gasteiger partial charge in [-0.1, -0.05) is 13.0 Å². The Kier molecular flexibility index (Phi) is 5.54. The zero-order valence-electron chi connectivity index (χ0n) is 18.0. The molecular weight excluding hydrogens is 352 g/mol. The van der Waals surface area contributed by atoms with E-state index in [1.54, 1.807) is 12.1 Å². The maximum Gasteiger partial charge on any atom is 0.221 e. The van der Waals surface area contributed by atoms with Gasteiger partial charge < -0.3 is 15.5 Å². The fraction of sp³-hybridized carbons (Fsp3) is 0.696. The number of likely N-dealkylation sites (tertiary alicyclic amines) is 1. The molecule has 0 spiro atoms. The smallest absolute Gasteiger partial charge is 0.221 e. The second-order valence-electron chi connectivity index (χ2n) is 10.4. The van der Waals surface area contributed by atoms with Gasteiger partial charge in [-0.25, -0.2) is 0 Å². The largest absolute Gasteiger partial charge is 0.508 e. The van der Waals surface area contributed by atoms with Crippen LogP contribution in [0.4, 0.5) is 0 Å². The number of phenolic OH excluding ortho intramolecular Hbond substituents is 1. The summed E-state index contributed by atoms with van der Waals surface area (Å²) in [7, 11) is 0. The molecule has 0 unspecified atom stereocenters. The van der Waals surface area contributed by atoms with Crippen molar-refractivity contribution < 1.29 is 15.0 Å². The normalized spacial score (nSPS) is 27.9. The number of amides is 1. The van der Waals surface area contributed by atoms with Gasteiger partial charge in [-0.3, -0.25) is 9.69 Å². The summed E-state index contributed by atoms with van der Waals surface area (Å²) in [5, 5.41) is 23.2. The molecule has 0 atom stereocenters. The van der Waals surface area contributed by atoms with Crippen molar-refractivity contribution in [3.63, 3.8) is 0 Å². The first-order chi connectivity index (χ1) is 12.9. The molecule has 1 saturated carbocycles. The minimum absolute atomic E-state index is 0.00880. The first-order valence-corrected chi connectivity index (χ1v) is 10.5. The topological polar surface area (TPSA) is 72.8 Å². The molecule has 1 aromatic rings. The number of carbonyl (C=O) groups excluding carboxylic acids is 1. The number of carbonyl (C=O) groups is 1. The lowest BCUT2D eigenvalue weighted by Gasteiger charge is -2.53. The molecule has 1 saturated heterocycles. The van der Waals surface area contributed by atoms with Gasteiger partial charge in [0.15, 0.2) is 0 Å². The van der Waals surface area contributed by atoms with Crippen LogP contribution < -0.4 is 5.32 Å². The Labute approximate surface area is 169 Å². The summed E-state index contributed by atoms with van der Waals surface area (Å²) in [6, 6.07) is 5.99. The van der Waals surface area contributed by atoms with Crippen molar-refractivity contribution in [1.82, 2.24) is 10.2 Å². The Balaban J connectivity index is 1.52. The van der Waals surface area contributed by atoms with Gasteiger partial charge in [0.05, 0.1) is 11.1 Å². The maximum atomic E-state index is 12.8. The Morgan fingerprint density at radius 2 is 1.82 bits per heavy atom. The van der Waals surface area contributed by atoms with Crippen LogP contribution in [0.2, 0.25) is 0 Å². The van der Waals surface area contributed by atoms with E-state index in [0.29, 0.717) is 12.5 Å². The molecule has 5 heteroatoms. The van der Waals surface area contributed by atoms with E-state index < -0.39 is 11.1 Å². The van der Waals surface area contributed by atoms with Crippen molar-refractivity contribution in [2.24, 2.45) is 5.41 Å². The number of aryl methyl sites for hydroxylation is 1. The third kappa shape index (κ3) is 4.87. The molecule has 5 nitrogen and oxygen atoms in total. The minimum atomic E-state index is -0.532. The average molecular weight is 389 g/mol. The first-order valence-electron chi connectivity index (χ1n) is 10.5. The molecule has 156 valence electrons. The molecule has 0 bridgehead atoms. The van der Waals surface area contributed by atoms with E-state index in [0.717, 1.165) is 49.9 Å². The number of nitrogens with zero attached hydrogens (tertiary/aromatic N) is 1. The van der Waals surface area contributed by atoms with Gasteiger partial charge in [-0.15, -0.1) is 0 Å². The minimum Gasteiger partial charge on any atom is -0.508 e. The summed E-state index contributed by atoms with van der Waals surface area (Å²) in [6.07, 6.45) is 4.32. The van der Waals surface area contributed by atoms with E-state index in [-0.39, 0.29) is 17.1 Å². The SMILES string of the molecule is Cc1cc(O)cc(C(C)(C)NC(=O)CC2(C)CN(C3CCC(C)(O)CC3)C2)c1. The van der Waals surface area contributed by atoms with Crippen LogP contribution in [0.15, 0.2) is 18.2 Å². The summed E-state index contributed by atoms with van der Waals surface area (Å²) < 4.78 is 0. The lowest BCUT2D eigenvalue weighted by molar-refractivity contribution is -0.130. The second-order valence-corrected chi connectivity index (χ2v) is 10.4. The number of hydrogen-bond acceptors (Lipinski definition) is 4. The molecule has 0 radical (unpaired) electrons. The molecular formula is C23H36N2O3. The van der Waals surface area contributed by atoms with Crippen molar-refractivity contribution in [2.45, 2.75) is 83.9 Å². The van der Waals surface area contributed by atoms with Crippen LogP contribution in [0.5, 0.6) is 5.75 Å². The average Bonchev–Trinajstić information content (AvgIpc) is 2.51. The van der Waals surface area contributed by atoms with Gasteiger partial charge in [-0.05, 0) is 76.6 Å². The second kappa shape index (κ2) is 7.34. The van der Waals surface area contributed by atoms with Gasteiger partial charge in [0, 0.05) is 31.0 Å². The lowest BCUT2D eigenvalue weighted by Crippen LogP contribution is -2.61. The van der Waals surface area contributed by atoms with Crippen molar-refractivity contribution in [1.29, 1.82) is 0 Å². The van der Waals surface area contributed by atoms with Crippen LogP contribution in [0, 0.1) is 12.3 Å². The van der Waals surface area contributed by atoms with Gasteiger partial charge >= 0.3 is 0 Å². The van der Waals surface area contributed by atoms with Gasteiger partial charge in [0.25, 0.3) is 0 Å². The highest BCUT2D eigenvalue weighted by molar-refractivity contribution is 5.78.